The molecule has 2 bridgehead atoms. The molecule has 1 aromatic carbocycles. The smallest absolute Gasteiger partial charge is 0.256 e. The van der Waals surface area contributed by atoms with Gasteiger partial charge in [-0.05, 0) is 49.3 Å². The first-order valence-electron chi connectivity index (χ1n) is 6.88. The fraction of sp³-hybridized carbons (Fsp3) is 0.533. The van der Waals surface area contributed by atoms with Crippen molar-refractivity contribution >= 4 is 17.5 Å². The van der Waals surface area contributed by atoms with Gasteiger partial charge in [-0.3, -0.25) is 4.79 Å². The van der Waals surface area contributed by atoms with Crippen molar-refractivity contribution < 1.29 is 9.18 Å². The Balaban J connectivity index is 1.82. The summed E-state index contributed by atoms with van der Waals surface area (Å²) in [7, 11) is 0. The number of fused-ring (bicyclic) bond motifs is 2. The Morgan fingerprint density at radius 3 is 2.63 bits per heavy atom. The maximum atomic E-state index is 13.8. The second-order valence-electron chi connectivity index (χ2n) is 5.73. The van der Waals surface area contributed by atoms with Crippen LogP contribution < -0.4 is 0 Å². The van der Waals surface area contributed by atoms with Gasteiger partial charge in [0.2, 0.25) is 0 Å². The quantitative estimate of drug-likeness (QED) is 0.768. The number of carbonyl (C=O) groups is 1. The maximum Gasteiger partial charge on any atom is 0.256 e. The van der Waals surface area contributed by atoms with Gasteiger partial charge in [0.05, 0.1) is 5.56 Å². The highest BCUT2D eigenvalue weighted by atomic mass is 35.5. The van der Waals surface area contributed by atoms with Crippen molar-refractivity contribution in [1.29, 1.82) is 0 Å². The number of carbonyl (C=O) groups excluding carboxylic acids is 1. The molecule has 1 heterocycles. The van der Waals surface area contributed by atoms with Crippen molar-refractivity contribution in [1.82, 2.24) is 4.90 Å². The summed E-state index contributed by atoms with van der Waals surface area (Å²) < 4.78 is 13.8. The average Bonchev–Trinajstić information content (AvgIpc) is 2.40. The van der Waals surface area contributed by atoms with Crippen molar-refractivity contribution in [3.05, 3.63) is 34.6 Å². The summed E-state index contributed by atoms with van der Waals surface area (Å²) in [4.78, 5) is 14.2. The van der Waals surface area contributed by atoms with Crippen LogP contribution >= 0.6 is 11.6 Å². The normalized spacial score (nSPS) is 26.3. The van der Waals surface area contributed by atoms with Gasteiger partial charge in [0.15, 0.2) is 0 Å². The first-order chi connectivity index (χ1) is 9.13. The zero-order valence-corrected chi connectivity index (χ0v) is 11.5. The highest BCUT2D eigenvalue weighted by molar-refractivity contribution is 6.31. The molecule has 1 saturated carbocycles. The molecule has 2 atom stereocenters. The molecular formula is C15H17ClFNO. The molecule has 2 fully saturated rings. The van der Waals surface area contributed by atoms with E-state index in [1.54, 1.807) is 0 Å². The lowest BCUT2D eigenvalue weighted by Gasteiger charge is -2.41. The van der Waals surface area contributed by atoms with E-state index in [1.807, 2.05) is 4.90 Å². The average molecular weight is 282 g/mol. The van der Waals surface area contributed by atoms with Gasteiger partial charge in [-0.15, -0.1) is 0 Å². The molecular weight excluding hydrogens is 265 g/mol. The number of piperidine rings is 1. The van der Waals surface area contributed by atoms with Crippen LogP contribution in [0.25, 0.3) is 0 Å². The van der Waals surface area contributed by atoms with Crippen molar-refractivity contribution in [2.45, 2.75) is 25.7 Å². The topological polar surface area (TPSA) is 20.3 Å². The van der Waals surface area contributed by atoms with Gasteiger partial charge in [-0.1, -0.05) is 18.0 Å². The number of hydrogen-bond acceptors (Lipinski definition) is 1. The minimum atomic E-state index is -0.481. The van der Waals surface area contributed by atoms with E-state index in [1.165, 1.54) is 43.9 Å². The van der Waals surface area contributed by atoms with Gasteiger partial charge in [0.1, 0.15) is 5.82 Å². The molecule has 0 spiro atoms. The fourth-order valence-electron chi connectivity index (χ4n) is 3.43. The van der Waals surface area contributed by atoms with E-state index in [2.05, 4.69) is 0 Å². The first kappa shape index (κ1) is 12.9. The molecule has 0 aromatic heterocycles. The van der Waals surface area contributed by atoms with E-state index in [0.717, 1.165) is 13.1 Å². The molecule has 0 N–H and O–H groups in total. The number of benzene rings is 1. The Kier molecular flexibility index (Phi) is 3.48. The lowest BCUT2D eigenvalue weighted by molar-refractivity contribution is 0.0500. The summed E-state index contributed by atoms with van der Waals surface area (Å²) in [6, 6.07) is 4.17. The summed E-state index contributed by atoms with van der Waals surface area (Å²) in [6.45, 7) is 1.53. The minimum absolute atomic E-state index is 0.104. The number of likely N-dealkylation sites (tertiary alicyclic amines) is 1. The monoisotopic (exact) mass is 281 g/mol. The predicted molar refractivity (Wildman–Crippen MR) is 72.8 cm³/mol. The van der Waals surface area contributed by atoms with Crippen molar-refractivity contribution in [3.63, 3.8) is 0 Å². The van der Waals surface area contributed by atoms with Crippen molar-refractivity contribution in [2.24, 2.45) is 11.8 Å². The standard InChI is InChI=1S/C15H17ClFNO/c16-12-4-5-14(17)13(7-12)15(19)18-8-10-2-1-3-11(6-10)9-18/h4-5,7,10-11H,1-3,6,8-9H2. The highest BCUT2D eigenvalue weighted by Crippen LogP contribution is 2.35. The summed E-state index contributed by atoms with van der Waals surface area (Å²) >= 11 is 5.86. The van der Waals surface area contributed by atoms with Crippen molar-refractivity contribution in [2.75, 3.05) is 13.1 Å². The molecule has 1 amide bonds. The number of nitrogens with zero attached hydrogens (tertiary/aromatic N) is 1. The van der Waals surface area contributed by atoms with E-state index in [0.29, 0.717) is 16.9 Å². The maximum absolute atomic E-state index is 13.8. The van der Waals surface area contributed by atoms with Crippen LogP contribution in [0.4, 0.5) is 4.39 Å². The van der Waals surface area contributed by atoms with Gasteiger partial charge < -0.3 is 4.90 Å². The molecule has 3 rings (SSSR count). The molecule has 1 aromatic rings. The molecule has 102 valence electrons. The van der Waals surface area contributed by atoms with Crippen molar-refractivity contribution in [3.8, 4) is 0 Å². The molecule has 1 aliphatic heterocycles. The SMILES string of the molecule is O=C(c1cc(Cl)ccc1F)N1CC2CCCC(C2)C1. The second kappa shape index (κ2) is 5.12. The fourth-order valence-corrected chi connectivity index (χ4v) is 3.60. The molecule has 1 aliphatic carbocycles. The second-order valence-corrected chi connectivity index (χ2v) is 6.17. The van der Waals surface area contributed by atoms with Gasteiger partial charge in [-0.25, -0.2) is 4.39 Å². The number of rotatable bonds is 1. The molecule has 19 heavy (non-hydrogen) atoms. The van der Waals surface area contributed by atoms with Gasteiger partial charge >= 0.3 is 0 Å². The summed E-state index contributed by atoms with van der Waals surface area (Å²) in [5, 5.41) is 0.405. The van der Waals surface area contributed by atoms with Crippen LogP contribution in [0, 0.1) is 17.7 Å². The van der Waals surface area contributed by atoms with Gasteiger partial charge in [0, 0.05) is 18.1 Å². The number of hydrogen-bond donors (Lipinski definition) is 0. The van der Waals surface area contributed by atoms with Crippen LogP contribution in [-0.4, -0.2) is 23.9 Å². The Labute approximate surface area is 117 Å². The molecule has 2 nitrogen and oxygen atoms in total. The van der Waals surface area contributed by atoms with Gasteiger partial charge in [0.25, 0.3) is 5.91 Å². The lowest BCUT2D eigenvalue weighted by Crippen LogP contribution is -2.45. The van der Waals surface area contributed by atoms with Gasteiger partial charge in [-0.2, -0.15) is 0 Å². The predicted octanol–water partition coefficient (Wildman–Crippen LogP) is 3.74. The van der Waals surface area contributed by atoms with Crippen LogP contribution in [0.3, 0.4) is 0 Å². The summed E-state index contributed by atoms with van der Waals surface area (Å²) in [5.41, 5.74) is 0.104. The van der Waals surface area contributed by atoms with E-state index in [-0.39, 0.29) is 11.5 Å². The Morgan fingerprint density at radius 1 is 1.26 bits per heavy atom. The number of amides is 1. The third-order valence-electron chi connectivity index (χ3n) is 4.29. The third-order valence-corrected chi connectivity index (χ3v) is 4.53. The minimum Gasteiger partial charge on any atom is -0.338 e. The molecule has 0 radical (unpaired) electrons. The summed E-state index contributed by atoms with van der Waals surface area (Å²) in [6.07, 6.45) is 4.88. The van der Waals surface area contributed by atoms with Crippen LogP contribution in [0.2, 0.25) is 5.02 Å². The van der Waals surface area contributed by atoms with Crippen LogP contribution in [-0.2, 0) is 0 Å². The third kappa shape index (κ3) is 2.62. The van der Waals surface area contributed by atoms with E-state index in [9.17, 15) is 9.18 Å². The Bertz CT molecular complexity index is 493. The highest BCUT2D eigenvalue weighted by Gasteiger charge is 2.33. The zero-order valence-electron chi connectivity index (χ0n) is 10.7. The van der Waals surface area contributed by atoms with E-state index in [4.69, 9.17) is 11.6 Å². The zero-order chi connectivity index (χ0) is 13.4. The largest absolute Gasteiger partial charge is 0.338 e. The molecule has 1 saturated heterocycles. The summed E-state index contributed by atoms with van der Waals surface area (Å²) in [5.74, 6) is 0.499. The Morgan fingerprint density at radius 2 is 1.95 bits per heavy atom. The van der Waals surface area contributed by atoms with Crippen LogP contribution in [0.1, 0.15) is 36.0 Å². The molecule has 4 heteroatoms. The van der Waals surface area contributed by atoms with E-state index >= 15 is 0 Å². The molecule has 2 aliphatic rings. The molecule has 2 unspecified atom stereocenters. The van der Waals surface area contributed by atoms with Crippen LogP contribution in [0.15, 0.2) is 18.2 Å². The lowest BCUT2D eigenvalue weighted by atomic mass is 9.78. The first-order valence-corrected chi connectivity index (χ1v) is 7.25. The number of halogens is 2. The van der Waals surface area contributed by atoms with E-state index < -0.39 is 5.82 Å². The Hall–Kier alpha value is -1.09. The van der Waals surface area contributed by atoms with Crippen LogP contribution in [0.5, 0.6) is 0 Å².